The molecule has 0 unspecified atom stereocenters. The molecule has 1 aliphatic heterocycles. The number of benzene rings is 1. The second-order valence-electron chi connectivity index (χ2n) is 4.91. The molecule has 0 atom stereocenters. The minimum Gasteiger partial charge on any atom is -0.493 e. The highest BCUT2D eigenvalue weighted by molar-refractivity contribution is 6.60. The number of rotatable bonds is 6. The van der Waals surface area contributed by atoms with Crippen molar-refractivity contribution in [1.82, 2.24) is 4.90 Å². The average Bonchev–Trinajstić information content (AvgIpc) is 2.59. The molecule has 0 bridgehead atoms. The van der Waals surface area contributed by atoms with Crippen molar-refractivity contribution in [3.63, 3.8) is 0 Å². The van der Waals surface area contributed by atoms with E-state index in [0.29, 0.717) is 32.6 Å². The summed E-state index contributed by atoms with van der Waals surface area (Å²) in [4.78, 5) is 24.7. The molecule has 0 aliphatic carbocycles. The van der Waals surface area contributed by atoms with Crippen LogP contribution in [0.2, 0.25) is 0 Å². The summed E-state index contributed by atoms with van der Waals surface area (Å²) in [7, 11) is -0.437. The number of carbonyl (C=O) groups excluding carboxylic acids is 2. The Labute approximate surface area is 133 Å². The van der Waals surface area contributed by atoms with Gasteiger partial charge in [0.15, 0.2) is 18.1 Å². The lowest BCUT2D eigenvalue weighted by atomic mass is 9.77. The molecule has 9 heteroatoms. The maximum absolute atomic E-state index is 12.1. The van der Waals surface area contributed by atoms with Crippen LogP contribution in [-0.2, 0) is 9.53 Å². The number of morpholine rings is 1. The molecule has 0 spiro atoms. The van der Waals surface area contributed by atoms with Crippen LogP contribution < -0.4 is 14.9 Å². The van der Waals surface area contributed by atoms with Crippen molar-refractivity contribution in [3.8, 4) is 11.5 Å². The van der Waals surface area contributed by atoms with Crippen LogP contribution in [0.5, 0.6) is 11.5 Å². The van der Waals surface area contributed by atoms with E-state index < -0.39 is 7.12 Å². The first-order valence-corrected chi connectivity index (χ1v) is 7.08. The molecule has 2 N–H and O–H groups in total. The van der Waals surface area contributed by atoms with E-state index in [1.54, 1.807) is 4.90 Å². The van der Waals surface area contributed by atoms with Gasteiger partial charge in [-0.05, 0) is 17.6 Å². The summed E-state index contributed by atoms with van der Waals surface area (Å²) in [6.45, 7) is 1.79. The van der Waals surface area contributed by atoms with Gasteiger partial charge in [0.1, 0.15) is 6.29 Å². The number of nitrogens with zero attached hydrogens (tertiary/aromatic N) is 1. The molecule has 1 amide bonds. The van der Waals surface area contributed by atoms with Crippen LogP contribution in [0, 0.1) is 0 Å². The Balaban J connectivity index is 2.12. The van der Waals surface area contributed by atoms with E-state index in [1.165, 1.54) is 19.2 Å². The highest BCUT2D eigenvalue weighted by Gasteiger charge is 2.22. The summed E-state index contributed by atoms with van der Waals surface area (Å²) in [6, 6.07) is 2.61. The monoisotopic (exact) mass is 323 g/mol. The lowest BCUT2D eigenvalue weighted by Gasteiger charge is -2.26. The summed E-state index contributed by atoms with van der Waals surface area (Å²) >= 11 is 0. The molecule has 23 heavy (non-hydrogen) atoms. The van der Waals surface area contributed by atoms with E-state index >= 15 is 0 Å². The Morgan fingerprint density at radius 2 is 2.04 bits per heavy atom. The Hall–Kier alpha value is -2.10. The zero-order valence-corrected chi connectivity index (χ0v) is 12.7. The summed E-state index contributed by atoms with van der Waals surface area (Å²) < 4.78 is 15.7. The summed E-state index contributed by atoms with van der Waals surface area (Å²) in [6.07, 6.45) is 0.477. The van der Waals surface area contributed by atoms with Gasteiger partial charge in [-0.15, -0.1) is 0 Å². The fraction of sp³-hybridized carbons (Fsp3) is 0.429. The number of carbonyl (C=O) groups is 2. The number of methoxy groups -OCH3 is 1. The molecule has 124 valence electrons. The molecule has 8 nitrogen and oxygen atoms in total. The highest BCUT2D eigenvalue weighted by atomic mass is 16.5. The maximum Gasteiger partial charge on any atom is 0.489 e. The quantitative estimate of drug-likeness (QED) is 0.481. The lowest BCUT2D eigenvalue weighted by molar-refractivity contribution is -0.137. The Kier molecular flexibility index (Phi) is 5.97. The van der Waals surface area contributed by atoms with Crippen LogP contribution in [0.1, 0.15) is 10.4 Å². The van der Waals surface area contributed by atoms with Gasteiger partial charge in [-0.1, -0.05) is 0 Å². The van der Waals surface area contributed by atoms with E-state index in [1.807, 2.05) is 0 Å². The average molecular weight is 323 g/mol. The second-order valence-corrected chi connectivity index (χ2v) is 4.91. The fourth-order valence-corrected chi connectivity index (χ4v) is 2.23. The van der Waals surface area contributed by atoms with Gasteiger partial charge in [-0.25, -0.2) is 0 Å². The first kappa shape index (κ1) is 17.3. The van der Waals surface area contributed by atoms with Gasteiger partial charge in [0.25, 0.3) is 5.91 Å². The first-order valence-electron chi connectivity index (χ1n) is 7.08. The fourth-order valence-electron chi connectivity index (χ4n) is 2.23. The van der Waals surface area contributed by atoms with Crippen molar-refractivity contribution in [3.05, 3.63) is 17.7 Å². The Morgan fingerprint density at radius 3 is 2.61 bits per heavy atom. The predicted molar refractivity (Wildman–Crippen MR) is 81.1 cm³/mol. The van der Waals surface area contributed by atoms with E-state index in [-0.39, 0.29) is 35.0 Å². The van der Waals surface area contributed by atoms with Crippen molar-refractivity contribution in [2.75, 3.05) is 40.0 Å². The standard InChI is InChI=1S/C14H18BNO7/c1-21-12-7-11(15(19)20)10(8-17)6-13(12)23-9-14(18)16-2-4-22-5-3-16/h6-8,19-20H,2-5,9H2,1H3. The zero-order valence-electron chi connectivity index (χ0n) is 12.7. The van der Waals surface area contributed by atoms with Gasteiger partial charge < -0.3 is 29.2 Å². The highest BCUT2D eigenvalue weighted by Crippen LogP contribution is 2.27. The normalized spacial score (nSPS) is 14.3. The topological polar surface area (TPSA) is 106 Å². The summed E-state index contributed by atoms with van der Waals surface area (Å²) in [5.74, 6) is 0.184. The molecule has 0 radical (unpaired) electrons. The van der Waals surface area contributed by atoms with Crippen molar-refractivity contribution < 1.29 is 33.8 Å². The molecular formula is C14H18BNO7. The van der Waals surface area contributed by atoms with Crippen LogP contribution in [0.3, 0.4) is 0 Å². The molecule has 0 saturated carbocycles. The molecule has 1 aromatic rings. The van der Waals surface area contributed by atoms with Crippen molar-refractivity contribution in [2.24, 2.45) is 0 Å². The summed E-state index contributed by atoms with van der Waals surface area (Å²) in [5.41, 5.74) is 0.0540. The molecule has 2 rings (SSSR count). The van der Waals surface area contributed by atoms with Crippen LogP contribution >= 0.6 is 0 Å². The van der Waals surface area contributed by atoms with Crippen molar-refractivity contribution in [2.45, 2.75) is 0 Å². The first-order chi connectivity index (χ1) is 11.1. The Bertz CT molecular complexity index is 572. The third-order valence-corrected chi connectivity index (χ3v) is 3.49. The SMILES string of the molecule is COc1cc(B(O)O)c(C=O)cc1OCC(=O)N1CCOCC1. The van der Waals surface area contributed by atoms with Gasteiger partial charge in [0.2, 0.25) is 0 Å². The third kappa shape index (κ3) is 4.22. The van der Waals surface area contributed by atoms with Crippen molar-refractivity contribution >= 4 is 24.8 Å². The molecule has 1 saturated heterocycles. The molecular weight excluding hydrogens is 305 g/mol. The number of ether oxygens (including phenoxy) is 3. The largest absolute Gasteiger partial charge is 0.493 e. The zero-order chi connectivity index (χ0) is 16.8. The number of hydrogen-bond acceptors (Lipinski definition) is 7. The van der Waals surface area contributed by atoms with Gasteiger partial charge in [0.05, 0.1) is 20.3 Å². The lowest BCUT2D eigenvalue weighted by Crippen LogP contribution is -2.43. The van der Waals surface area contributed by atoms with Crippen LogP contribution in [0.15, 0.2) is 12.1 Å². The smallest absolute Gasteiger partial charge is 0.489 e. The minimum atomic E-state index is -1.81. The number of aldehydes is 1. The summed E-state index contributed by atoms with van der Waals surface area (Å²) in [5, 5.41) is 18.5. The van der Waals surface area contributed by atoms with Crippen LogP contribution in [-0.4, -0.2) is 74.3 Å². The third-order valence-electron chi connectivity index (χ3n) is 3.49. The van der Waals surface area contributed by atoms with E-state index in [9.17, 15) is 19.6 Å². The maximum atomic E-state index is 12.1. The van der Waals surface area contributed by atoms with Gasteiger partial charge >= 0.3 is 7.12 Å². The number of hydrogen-bond donors (Lipinski definition) is 2. The van der Waals surface area contributed by atoms with E-state index in [4.69, 9.17) is 14.2 Å². The van der Waals surface area contributed by atoms with E-state index in [2.05, 4.69) is 0 Å². The van der Waals surface area contributed by atoms with Crippen LogP contribution in [0.25, 0.3) is 0 Å². The molecule has 1 aliphatic rings. The minimum absolute atomic E-state index is 0.00343. The van der Waals surface area contributed by atoms with Gasteiger partial charge in [0, 0.05) is 18.7 Å². The van der Waals surface area contributed by atoms with Gasteiger partial charge in [-0.2, -0.15) is 0 Å². The molecule has 1 fully saturated rings. The molecule has 0 aromatic heterocycles. The van der Waals surface area contributed by atoms with Crippen LogP contribution in [0.4, 0.5) is 0 Å². The molecule has 1 aromatic carbocycles. The Morgan fingerprint density at radius 1 is 1.35 bits per heavy atom. The van der Waals surface area contributed by atoms with E-state index in [0.717, 1.165) is 0 Å². The molecule has 1 heterocycles. The number of amides is 1. The van der Waals surface area contributed by atoms with Gasteiger partial charge in [-0.3, -0.25) is 9.59 Å². The predicted octanol–water partition coefficient (Wildman–Crippen LogP) is -1.57. The second kappa shape index (κ2) is 7.95. The van der Waals surface area contributed by atoms with Crippen molar-refractivity contribution in [1.29, 1.82) is 0 Å².